The third-order valence-corrected chi connectivity index (χ3v) is 3.67. The fourth-order valence-electron chi connectivity index (χ4n) is 2.21. The van der Waals surface area contributed by atoms with Crippen LogP contribution in [0.2, 0.25) is 0 Å². The Morgan fingerprint density at radius 3 is 2.28 bits per heavy atom. The number of hydrogen-bond donors (Lipinski definition) is 1. The topological polar surface area (TPSA) is 90.9 Å². The van der Waals surface area contributed by atoms with Crippen molar-refractivity contribution in [2.75, 3.05) is 11.9 Å². The van der Waals surface area contributed by atoms with E-state index in [2.05, 4.69) is 10.1 Å². The predicted octanol–water partition coefficient (Wildman–Crippen LogP) is 3.26. The molecule has 0 aliphatic carbocycles. The SMILES string of the molecule is CCOC(=O)/C=C/C(=O)O[C@H](C)C(=O)Nc1ccc(OCc2ccccc2)cc1. The fraction of sp³-hybridized carbons (Fsp3) is 0.227. The number of ether oxygens (including phenoxy) is 3. The normalized spacial score (nSPS) is 11.5. The number of benzene rings is 2. The van der Waals surface area contributed by atoms with Crippen LogP contribution in [0.15, 0.2) is 66.7 Å². The maximum Gasteiger partial charge on any atom is 0.331 e. The summed E-state index contributed by atoms with van der Waals surface area (Å²) in [4.78, 5) is 34.9. The van der Waals surface area contributed by atoms with Gasteiger partial charge in [0.05, 0.1) is 6.61 Å². The summed E-state index contributed by atoms with van der Waals surface area (Å²) in [5.41, 5.74) is 1.59. The molecule has 0 unspecified atom stereocenters. The Kier molecular flexibility index (Phi) is 8.44. The summed E-state index contributed by atoms with van der Waals surface area (Å²) in [6.45, 7) is 3.73. The van der Waals surface area contributed by atoms with Gasteiger partial charge in [0.2, 0.25) is 0 Å². The molecule has 1 N–H and O–H groups in total. The minimum absolute atomic E-state index is 0.202. The second-order valence-electron chi connectivity index (χ2n) is 5.95. The first-order chi connectivity index (χ1) is 14.0. The van der Waals surface area contributed by atoms with Crippen LogP contribution in [0.4, 0.5) is 5.69 Å². The molecule has 2 rings (SSSR count). The Morgan fingerprint density at radius 2 is 1.62 bits per heavy atom. The summed E-state index contributed by atoms with van der Waals surface area (Å²) in [5.74, 6) is -1.31. The largest absolute Gasteiger partial charge is 0.489 e. The molecule has 0 radical (unpaired) electrons. The Bertz CT molecular complexity index is 845. The summed E-state index contributed by atoms with van der Waals surface area (Å²) in [7, 11) is 0. The molecule has 29 heavy (non-hydrogen) atoms. The zero-order valence-electron chi connectivity index (χ0n) is 16.3. The lowest BCUT2D eigenvalue weighted by Gasteiger charge is -2.13. The van der Waals surface area contributed by atoms with Crippen LogP contribution in [0.25, 0.3) is 0 Å². The van der Waals surface area contributed by atoms with E-state index in [1.807, 2.05) is 30.3 Å². The van der Waals surface area contributed by atoms with Crippen molar-refractivity contribution in [3.63, 3.8) is 0 Å². The Morgan fingerprint density at radius 1 is 0.966 bits per heavy atom. The second-order valence-corrected chi connectivity index (χ2v) is 5.95. The van der Waals surface area contributed by atoms with Gasteiger partial charge in [0.25, 0.3) is 5.91 Å². The molecule has 0 saturated carbocycles. The van der Waals surface area contributed by atoms with Crippen molar-refractivity contribution in [1.29, 1.82) is 0 Å². The molecule has 152 valence electrons. The average molecular weight is 397 g/mol. The quantitative estimate of drug-likeness (QED) is 0.516. The maximum atomic E-state index is 12.1. The van der Waals surface area contributed by atoms with E-state index in [1.165, 1.54) is 6.92 Å². The summed E-state index contributed by atoms with van der Waals surface area (Å²) in [5, 5.41) is 2.65. The predicted molar refractivity (Wildman–Crippen MR) is 107 cm³/mol. The van der Waals surface area contributed by atoms with Crippen molar-refractivity contribution >= 4 is 23.5 Å². The molecule has 0 fully saturated rings. The molecule has 7 heteroatoms. The Hall–Kier alpha value is -3.61. The lowest BCUT2D eigenvalue weighted by molar-refractivity contribution is -0.148. The van der Waals surface area contributed by atoms with E-state index in [0.717, 1.165) is 17.7 Å². The van der Waals surface area contributed by atoms with Crippen LogP contribution in [0, 0.1) is 0 Å². The van der Waals surface area contributed by atoms with Crippen molar-refractivity contribution < 1.29 is 28.6 Å². The molecule has 0 aromatic heterocycles. The highest BCUT2D eigenvalue weighted by Crippen LogP contribution is 2.17. The summed E-state index contributed by atoms with van der Waals surface area (Å²) in [6.07, 6.45) is 0.828. The molecule has 0 aliphatic heterocycles. The van der Waals surface area contributed by atoms with E-state index in [9.17, 15) is 14.4 Å². The first kappa shape index (κ1) is 21.7. The molecule has 2 aromatic carbocycles. The fourth-order valence-corrected chi connectivity index (χ4v) is 2.21. The van der Waals surface area contributed by atoms with Crippen molar-refractivity contribution in [1.82, 2.24) is 0 Å². The van der Waals surface area contributed by atoms with Crippen LogP contribution in [-0.4, -0.2) is 30.6 Å². The summed E-state index contributed by atoms with van der Waals surface area (Å²) >= 11 is 0. The third kappa shape index (κ3) is 7.88. The number of amides is 1. The van der Waals surface area contributed by atoms with E-state index in [4.69, 9.17) is 9.47 Å². The van der Waals surface area contributed by atoms with E-state index in [1.54, 1.807) is 31.2 Å². The maximum absolute atomic E-state index is 12.1. The number of carbonyl (C=O) groups is 3. The molecule has 1 atom stereocenters. The third-order valence-electron chi connectivity index (χ3n) is 3.67. The highest BCUT2D eigenvalue weighted by atomic mass is 16.5. The first-order valence-corrected chi connectivity index (χ1v) is 9.11. The molecule has 0 saturated heterocycles. The summed E-state index contributed by atoms with van der Waals surface area (Å²) < 4.78 is 15.3. The van der Waals surface area contributed by atoms with Crippen molar-refractivity contribution in [2.24, 2.45) is 0 Å². The van der Waals surface area contributed by atoms with Gasteiger partial charge in [-0.3, -0.25) is 4.79 Å². The van der Waals surface area contributed by atoms with Gasteiger partial charge in [-0.25, -0.2) is 9.59 Å². The van der Waals surface area contributed by atoms with Gasteiger partial charge in [-0.15, -0.1) is 0 Å². The van der Waals surface area contributed by atoms with Crippen LogP contribution < -0.4 is 10.1 Å². The van der Waals surface area contributed by atoms with Crippen LogP contribution in [-0.2, 0) is 30.5 Å². The van der Waals surface area contributed by atoms with Gasteiger partial charge in [-0.2, -0.15) is 0 Å². The molecule has 2 aromatic rings. The number of rotatable bonds is 9. The molecule has 0 heterocycles. The lowest BCUT2D eigenvalue weighted by Crippen LogP contribution is -2.29. The van der Waals surface area contributed by atoms with Gasteiger partial charge < -0.3 is 19.5 Å². The molecule has 0 bridgehead atoms. The number of carbonyl (C=O) groups excluding carboxylic acids is 3. The monoisotopic (exact) mass is 397 g/mol. The van der Waals surface area contributed by atoms with Crippen molar-refractivity contribution in [2.45, 2.75) is 26.6 Å². The van der Waals surface area contributed by atoms with Crippen LogP contribution >= 0.6 is 0 Å². The minimum atomic E-state index is -1.04. The zero-order chi connectivity index (χ0) is 21.1. The van der Waals surface area contributed by atoms with E-state index >= 15 is 0 Å². The first-order valence-electron chi connectivity index (χ1n) is 9.11. The molecular weight excluding hydrogens is 374 g/mol. The molecule has 0 spiro atoms. The standard InChI is InChI=1S/C22H23NO6/c1-3-27-20(24)13-14-21(25)29-16(2)22(26)23-18-9-11-19(12-10-18)28-15-17-7-5-4-6-8-17/h4-14,16H,3,15H2,1-2H3,(H,23,26)/b14-13+/t16-/m1/s1. The van der Waals surface area contributed by atoms with Gasteiger partial charge in [-0.05, 0) is 43.7 Å². The molecule has 1 amide bonds. The van der Waals surface area contributed by atoms with E-state index < -0.39 is 23.9 Å². The van der Waals surface area contributed by atoms with Crippen molar-refractivity contribution in [3.05, 3.63) is 72.3 Å². The van der Waals surface area contributed by atoms with Gasteiger partial charge in [-0.1, -0.05) is 30.3 Å². The molecule has 7 nitrogen and oxygen atoms in total. The minimum Gasteiger partial charge on any atom is -0.489 e. The highest BCUT2D eigenvalue weighted by Gasteiger charge is 2.17. The van der Waals surface area contributed by atoms with Gasteiger partial charge in [0.15, 0.2) is 6.10 Å². The van der Waals surface area contributed by atoms with Crippen LogP contribution in [0.3, 0.4) is 0 Å². The van der Waals surface area contributed by atoms with Crippen LogP contribution in [0.1, 0.15) is 19.4 Å². The average Bonchev–Trinajstić information content (AvgIpc) is 2.72. The Labute approximate surface area is 169 Å². The second kappa shape index (κ2) is 11.3. The smallest absolute Gasteiger partial charge is 0.331 e. The number of nitrogens with one attached hydrogen (secondary N) is 1. The lowest BCUT2D eigenvalue weighted by atomic mass is 10.2. The molecule has 0 aliphatic rings. The Balaban J connectivity index is 1.80. The van der Waals surface area contributed by atoms with Gasteiger partial charge in [0, 0.05) is 17.8 Å². The van der Waals surface area contributed by atoms with E-state index in [-0.39, 0.29) is 6.61 Å². The highest BCUT2D eigenvalue weighted by molar-refractivity contribution is 5.97. The summed E-state index contributed by atoms with van der Waals surface area (Å²) in [6, 6.07) is 16.6. The number of esters is 2. The van der Waals surface area contributed by atoms with Crippen LogP contribution in [0.5, 0.6) is 5.75 Å². The van der Waals surface area contributed by atoms with Gasteiger partial charge >= 0.3 is 11.9 Å². The zero-order valence-corrected chi connectivity index (χ0v) is 16.3. The van der Waals surface area contributed by atoms with E-state index in [0.29, 0.717) is 18.0 Å². The molecular formula is C22H23NO6. The number of anilines is 1. The van der Waals surface area contributed by atoms with Gasteiger partial charge in [0.1, 0.15) is 12.4 Å². The number of hydrogen-bond acceptors (Lipinski definition) is 6. The van der Waals surface area contributed by atoms with Crippen molar-refractivity contribution in [3.8, 4) is 5.75 Å².